The van der Waals surface area contributed by atoms with Gasteiger partial charge in [0.05, 0.1) is 18.0 Å². The van der Waals surface area contributed by atoms with Crippen molar-refractivity contribution < 1.29 is 9.94 Å². The van der Waals surface area contributed by atoms with E-state index < -0.39 is 0 Å². The van der Waals surface area contributed by atoms with Crippen LogP contribution in [0.5, 0.6) is 0 Å². The van der Waals surface area contributed by atoms with Crippen molar-refractivity contribution in [2.75, 3.05) is 13.2 Å². The fourth-order valence-electron chi connectivity index (χ4n) is 8.23. The van der Waals surface area contributed by atoms with Crippen LogP contribution in [0, 0.1) is 18.8 Å². The minimum atomic E-state index is -0.113. The number of rotatable bonds is 8. The van der Waals surface area contributed by atoms with Crippen molar-refractivity contribution in [2.45, 2.75) is 128 Å². The standard InChI is InChI=1S/C31H48N4O3/c1-4-5-13-29-21(2)32-30(22(3)33-38-15-14-36)31(37)35(29)28-19-25-11-8-12-26(20-28)34(25)27-17-23-9-6-7-10-24(16-23)18-27/h5,13,23-28,36H,4,6-12,14-20H2,1-3H3. The summed E-state index contributed by atoms with van der Waals surface area (Å²) in [5.41, 5.74) is 2.54. The van der Waals surface area contributed by atoms with Gasteiger partial charge in [0.1, 0.15) is 12.3 Å². The van der Waals surface area contributed by atoms with Crippen LogP contribution in [0.25, 0.3) is 6.08 Å². The highest BCUT2D eigenvalue weighted by Gasteiger charge is 2.45. The molecule has 2 saturated heterocycles. The fourth-order valence-corrected chi connectivity index (χ4v) is 8.23. The van der Waals surface area contributed by atoms with E-state index in [9.17, 15) is 4.79 Å². The molecule has 5 rings (SSSR count). The average molecular weight is 525 g/mol. The Morgan fingerprint density at radius 3 is 2.32 bits per heavy atom. The Kier molecular flexibility index (Phi) is 9.04. The minimum absolute atomic E-state index is 0.0691. The van der Waals surface area contributed by atoms with E-state index in [2.05, 4.69) is 33.7 Å². The first-order valence-electron chi connectivity index (χ1n) is 15.3. The molecule has 38 heavy (non-hydrogen) atoms. The molecule has 1 N–H and O–H groups in total. The van der Waals surface area contributed by atoms with Gasteiger partial charge in [0.15, 0.2) is 5.69 Å². The third-order valence-electron chi connectivity index (χ3n) is 9.71. The highest BCUT2D eigenvalue weighted by atomic mass is 16.6. The van der Waals surface area contributed by atoms with E-state index in [1.807, 2.05) is 6.92 Å². The Hall–Kier alpha value is -1.99. The van der Waals surface area contributed by atoms with Gasteiger partial charge in [-0.3, -0.25) is 9.69 Å². The lowest BCUT2D eigenvalue weighted by atomic mass is 9.73. The monoisotopic (exact) mass is 524 g/mol. The quantitative estimate of drug-likeness (QED) is 0.271. The highest BCUT2D eigenvalue weighted by Crippen LogP contribution is 2.46. The van der Waals surface area contributed by atoms with Crippen LogP contribution in [0.2, 0.25) is 0 Å². The van der Waals surface area contributed by atoms with Crippen molar-refractivity contribution in [1.82, 2.24) is 14.5 Å². The van der Waals surface area contributed by atoms with Gasteiger partial charge >= 0.3 is 0 Å². The molecule has 0 aromatic carbocycles. The summed E-state index contributed by atoms with van der Waals surface area (Å²) in [7, 11) is 0. The molecule has 0 amide bonds. The summed E-state index contributed by atoms with van der Waals surface area (Å²) in [6.07, 6.45) is 21.0. The molecule has 3 heterocycles. The molecular formula is C31H48N4O3. The summed E-state index contributed by atoms with van der Waals surface area (Å²) >= 11 is 0. The van der Waals surface area contributed by atoms with E-state index >= 15 is 0 Å². The molecule has 4 bridgehead atoms. The maximum atomic E-state index is 14.0. The summed E-state index contributed by atoms with van der Waals surface area (Å²) in [6.45, 7) is 5.88. The SMILES string of the molecule is CCC=Cc1c(C)nc(C(C)=NOCCO)c(=O)n1C1CC2CCCC(C1)N2C1CC2CCCCC(C2)C1. The van der Waals surface area contributed by atoms with Gasteiger partial charge in [0.25, 0.3) is 5.56 Å². The molecule has 2 aliphatic carbocycles. The second kappa shape index (κ2) is 12.5. The molecule has 1 aromatic heterocycles. The first-order valence-corrected chi connectivity index (χ1v) is 15.3. The van der Waals surface area contributed by atoms with Crippen LogP contribution < -0.4 is 5.56 Å². The van der Waals surface area contributed by atoms with Gasteiger partial charge in [-0.1, -0.05) is 50.3 Å². The van der Waals surface area contributed by atoms with E-state index in [4.69, 9.17) is 14.9 Å². The molecule has 4 atom stereocenters. The molecule has 2 aliphatic heterocycles. The van der Waals surface area contributed by atoms with Gasteiger partial charge < -0.3 is 14.5 Å². The van der Waals surface area contributed by atoms with Crippen molar-refractivity contribution in [2.24, 2.45) is 17.0 Å². The molecule has 2 saturated carbocycles. The van der Waals surface area contributed by atoms with Gasteiger partial charge in [0.2, 0.25) is 0 Å². The normalized spacial score (nSPS) is 32.4. The molecular weight excluding hydrogens is 476 g/mol. The molecule has 7 heteroatoms. The largest absolute Gasteiger partial charge is 0.393 e. The first-order chi connectivity index (χ1) is 18.5. The number of fused-ring (bicyclic) bond motifs is 4. The van der Waals surface area contributed by atoms with Crippen molar-refractivity contribution in [1.29, 1.82) is 0 Å². The second-order valence-electron chi connectivity index (χ2n) is 12.3. The Morgan fingerprint density at radius 2 is 1.68 bits per heavy atom. The molecule has 210 valence electrons. The first kappa shape index (κ1) is 27.6. The maximum absolute atomic E-state index is 14.0. The van der Waals surface area contributed by atoms with E-state index in [1.54, 1.807) is 6.92 Å². The molecule has 0 spiro atoms. The lowest BCUT2D eigenvalue weighted by Gasteiger charge is -2.54. The van der Waals surface area contributed by atoms with Crippen LogP contribution in [0.1, 0.15) is 120 Å². The Morgan fingerprint density at radius 1 is 1.00 bits per heavy atom. The molecule has 4 unspecified atom stereocenters. The van der Waals surface area contributed by atoms with E-state index in [1.165, 1.54) is 64.2 Å². The van der Waals surface area contributed by atoms with Gasteiger partial charge in [-0.05, 0) is 83.1 Å². The highest BCUT2D eigenvalue weighted by molar-refractivity contribution is 5.96. The third-order valence-corrected chi connectivity index (χ3v) is 9.71. The molecule has 1 aromatic rings. The van der Waals surface area contributed by atoms with Crippen molar-refractivity contribution in [3.8, 4) is 0 Å². The third kappa shape index (κ3) is 5.79. The smallest absolute Gasteiger partial charge is 0.279 e. The Bertz CT molecular complexity index is 1050. The zero-order valence-electron chi connectivity index (χ0n) is 23.8. The predicted octanol–water partition coefficient (Wildman–Crippen LogP) is 5.62. The Balaban J connectivity index is 1.46. The molecule has 7 nitrogen and oxygen atoms in total. The average Bonchev–Trinajstić information content (AvgIpc) is 3.07. The molecule has 4 aliphatic rings. The fraction of sp³-hybridized carbons (Fsp3) is 0.774. The number of oxime groups is 1. The van der Waals surface area contributed by atoms with E-state index in [0.717, 1.165) is 48.5 Å². The number of piperidine rings is 2. The van der Waals surface area contributed by atoms with Gasteiger partial charge in [0, 0.05) is 24.2 Å². The Labute approximate surface area is 228 Å². The number of aryl methyl sites for hydroxylation is 1. The summed E-state index contributed by atoms with van der Waals surface area (Å²) in [5, 5.41) is 13.1. The summed E-state index contributed by atoms with van der Waals surface area (Å²) in [5.74, 6) is 1.85. The van der Waals surface area contributed by atoms with Crippen LogP contribution in [-0.4, -0.2) is 56.6 Å². The van der Waals surface area contributed by atoms with Gasteiger partial charge in [-0.15, -0.1) is 0 Å². The molecule has 4 fully saturated rings. The molecule has 0 radical (unpaired) electrons. The summed E-state index contributed by atoms with van der Waals surface area (Å²) in [6, 6.07) is 2.03. The van der Waals surface area contributed by atoms with Crippen LogP contribution in [0.4, 0.5) is 0 Å². The maximum Gasteiger partial charge on any atom is 0.279 e. The van der Waals surface area contributed by atoms with E-state index in [0.29, 0.717) is 23.5 Å². The number of aromatic nitrogens is 2. The van der Waals surface area contributed by atoms with Crippen molar-refractivity contribution in [3.63, 3.8) is 0 Å². The number of hydrogen-bond acceptors (Lipinski definition) is 6. The van der Waals surface area contributed by atoms with Crippen LogP contribution >= 0.6 is 0 Å². The van der Waals surface area contributed by atoms with Gasteiger partial charge in [-0.2, -0.15) is 0 Å². The van der Waals surface area contributed by atoms with Crippen LogP contribution in [0.15, 0.2) is 16.0 Å². The van der Waals surface area contributed by atoms with Gasteiger partial charge in [-0.25, -0.2) is 4.98 Å². The summed E-state index contributed by atoms with van der Waals surface area (Å²) in [4.78, 5) is 26.9. The minimum Gasteiger partial charge on any atom is -0.393 e. The topological polar surface area (TPSA) is 80.0 Å². The van der Waals surface area contributed by atoms with Crippen molar-refractivity contribution in [3.05, 3.63) is 33.5 Å². The lowest BCUT2D eigenvalue weighted by molar-refractivity contribution is -0.0427. The zero-order valence-corrected chi connectivity index (χ0v) is 23.8. The van der Waals surface area contributed by atoms with E-state index in [-0.39, 0.29) is 24.8 Å². The number of allylic oxidation sites excluding steroid dienone is 1. The number of nitrogens with zero attached hydrogens (tertiary/aromatic N) is 4. The zero-order chi connectivity index (χ0) is 26.6. The summed E-state index contributed by atoms with van der Waals surface area (Å²) < 4.78 is 2.05. The van der Waals surface area contributed by atoms with Crippen LogP contribution in [-0.2, 0) is 4.84 Å². The lowest BCUT2D eigenvalue weighted by Crippen LogP contribution is -2.58. The number of hydrogen-bond donors (Lipinski definition) is 1. The number of aliphatic hydroxyl groups is 1. The predicted molar refractivity (Wildman–Crippen MR) is 152 cm³/mol. The number of aliphatic hydroxyl groups excluding tert-OH is 1. The van der Waals surface area contributed by atoms with Crippen LogP contribution in [0.3, 0.4) is 0 Å². The second-order valence-corrected chi connectivity index (χ2v) is 12.3. The van der Waals surface area contributed by atoms with Crippen molar-refractivity contribution >= 4 is 11.8 Å².